The summed E-state index contributed by atoms with van der Waals surface area (Å²) in [5.74, 6) is 1.56. The number of methoxy groups -OCH3 is 3. The van der Waals surface area contributed by atoms with E-state index >= 15 is 0 Å². The van der Waals surface area contributed by atoms with Crippen molar-refractivity contribution in [1.82, 2.24) is 9.78 Å². The molecule has 1 atom stereocenters. The third-order valence-electron chi connectivity index (χ3n) is 4.33. The van der Waals surface area contributed by atoms with Crippen LogP contribution in [0.5, 0.6) is 17.2 Å². The predicted molar refractivity (Wildman–Crippen MR) is 107 cm³/mol. The van der Waals surface area contributed by atoms with Crippen LogP contribution in [0.25, 0.3) is 11.5 Å². The quantitative estimate of drug-likeness (QED) is 0.566. The molecule has 0 saturated carbocycles. The highest BCUT2D eigenvalue weighted by Gasteiger charge is 2.18. The molecular formula is C20H23FN3O4S+. The monoisotopic (exact) mass is 420 g/mol. The predicted octanol–water partition coefficient (Wildman–Crippen LogP) is 2.71. The Bertz CT molecular complexity index is 1030. The van der Waals surface area contributed by atoms with Gasteiger partial charge in [-0.05, 0) is 36.5 Å². The van der Waals surface area contributed by atoms with Crippen LogP contribution in [-0.2, 0) is 13.2 Å². The number of halogens is 1. The standard InChI is InChI=1S/C20H22FN3O4S/c1-23(11-13-6-5-7-15(21)8-13)12-24-20(29)28-19(22-24)14-9-16(25-2)18(27-4)17(10-14)26-3/h5-10H,11-12H2,1-4H3/p+1. The average Bonchev–Trinajstić information content (AvgIpc) is 3.06. The number of aromatic nitrogens is 2. The highest BCUT2D eigenvalue weighted by molar-refractivity contribution is 7.71. The molecule has 3 aromatic rings. The third-order valence-corrected chi connectivity index (χ3v) is 4.63. The van der Waals surface area contributed by atoms with Gasteiger partial charge in [0.05, 0.1) is 28.4 Å². The number of quaternary nitrogens is 1. The van der Waals surface area contributed by atoms with Gasteiger partial charge >= 0.3 is 0 Å². The van der Waals surface area contributed by atoms with Crippen molar-refractivity contribution in [3.63, 3.8) is 0 Å². The van der Waals surface area contributed by atoms with Crippen molar-refractivity contribution >= 4 is 12.2 Å². The van der Waals surface area contributed by atoms with Crippen molar-refractivity contribution in [2.45, 2.75) is 13.2 Å². The van der Waals surface area contributed by atoms with Crippen LogP contribution >= 0.6 is 12.2 Å². The summed E-state index contributed by atoms with van der Waals surface area (Å²) < 4.78 is 36.8. The number of ether oxygens (including phenoxy) is 3. The number of hydrogen-bond donors (Lipinski definition) is 1. The van der Waals surface area contributed by atoms with E-state index in [-0.39, 0.29) is 10.7 Å². The Kier molecular flexibility index (Phi) is 6.50. The number of nitrogens with one attached hydrogen (secondary N) is 1. The summed E-state index contributed by atoms with van der Waals surface area (Å²) in [5, 5.41) is 4.48. The summed E-state index contributed by atoms with van der Waals surface area (Å²) in [7, 11) is 6.60. The Morgan fingerprint density at radius 3 is 2.38 bits per heavy atom. The Labute approximate surface area is 173 Å². The maximum atomic E-state index is 13.4. The molecule has 3 rings (SSSR count). The minimum absolute atomic E-state index is 0.243. The number of hydrogen-bond acceptors (Lipinski definition) is 6. The molecule has 0 bridgehead atoms. The van der Waals surface area contributed by atoms with Crippen LogP contribution in [0.2, 0.25) is 0 Å². The van der Waals surface area contributed by atoms with Gasteiger partial charge in [-0.25, -0.2) is 4.39 Å². The van der Waals surface area contributed by atoms with Crippen LogP contribution in [0.4, 0.5) is 4.39 Å². The summed E-state index contributed by atoms with van der Waals surface area (Å²) in [6.45, 7) is 1.08. The molecule has 9 heteroatoms. The van der Waals surface area contributed by atoms with E-state index in [0.29, 0.717) is 41.9 Å². The Morgan fingerprint density at radius 1 is 1.10 bits per heavy atom. The zero-order valence-electron chi connectivity index (χ0n) is 16.7. The maximum Gasteiger partial charge on any atom is 0.292 e. The minimum Gasteiger partial charge on any atom is -0.493 e. The van der Waals surface area contributed by atoms with Gasteiger partial charge in [-0.1, -0.05) is 12.1 Å². The SMILES string of the molecule is COc1cc(-c2nn(C[NH+](C)Cc3cccc(F)c3)c(=S)o2)cc(OC)c1OC. The van der Waals surface area contributed by atoms with Gasteiger partial charge in [0.15, 0.2) is 18.2 Å². The lowest BCUT2D eigenvalue weighted by Crippen LogP contribution is -3.07. The van der Waals surface area contributed by atoms with Crippen molar-refractivity contribution in [1.29, 1.82) is 0 Å². The van der Waals surface area contributed by atoms with Crippen molar-refractivity contribution in [3.05, 3.63) is 52.6 Å². The first-order valence-corrected chi connectivity index (χ1v) is 9.30. The molecule has 7 nitrogen and oxygen atoms in total. The number of benzene rings is 2. The molecule has 0 spiro atoms. The molecule has 1 heterocycles. The van der Waals surface area contributed by atoms with Gasteiger partial charge in [0, 0.05) is 11.1 Å². The van der Waals surface area contributed by atoms with E-state index in [1.165, 1.54) is 19.2 Å². The van der Waals surface area contributed by atoms with E-state index in [9.17, 15) is 4.39 Å². The molecular weight excluding hydrogens is 397 g/mol. The van der Waals surface area contributed by atoms with Crippen molar-refractivity contribution in [3.8, 4) is 28.7 Å². The number of nitrogens with zero attached hydrogens (tertiary/aromatic N) is 2. The van der Waals surface area contributed by atoms with Gasteiger partial charge in [0.1, 0.15) is 12.4 Å². The van der Waals surface area contributed by atoms with Crippen LogP contribution in [0, 0.1) is 10.7 Å². The summed E-state index contributed by atoms with van der Waals surface area (Å²) in [5.41, 5.74) is 1.54. The highest BCUT2D eigenvalue weighted by Crippen LogP contribution is 2.40. The van der Waals surface area contributed by atoms with Crippen molar-refractivity contribution in [2.24, 2.45) is 0 Å². The third kappa shape index (κ3) is 4.75. The molecule has 0 saturated heterocycles. The molecule has 0 radical (unpaired) electrons. The van der Waals surface area contributed by atoms with E-state index < -0.39 is 0 Å². The van der Waals surface area contributed by atoms with E-state index in [1.807, 2.05) is 13.1 Å². The first kappa shape index (κ1) is 20.8. The molecule has 1 N–H and O–H groups in total. The van der Waals surface area contributed by atoms with Gasteiger partial charge in [-0.15, -0.1) is 5.10 Å². The molecule has 1 aromatic heterocycles. The largest absolute Gasteiger partial charge is 0.493 e. The zero-order chi connectivity index (χ0) is 21.0. The van der Waals surface area contributed by atoms with Crippen LogP contribution in [0.3, 0.4) is 0 Å². The second-order valence-electron chi connectivity index (χ2n) is 6.51. The van der Waals surface area contributed by atoms with Gasteiger partial charge in [-0.2, -0.15) is 4.68 Å². The van der Waals surface area contributed by atoms with Gasteiger partial charge in [0.25, 0.3) is 4.84 Å². The first-order chi connectivity index (χ1) is 13.9. The van der Waals surface area contributed by atoms with Crippen molar-refractivity contribution in [2.75, 3.05) is 28.4 Å². The fraction of sp³-hybridized carbons (Fsp3) is 0.300. The molecule has 0 fully saturated rings. The summed E-state index contributed by atoms with van der Waals surface area (Å²) >= 11 is 5.32. The smallest absolute Gasteiger partial charge is 0.292 e. The van der Waals surface area contributed by atoms with E-state index in [1.54, 1.807) is 37.1 Å². The lowest BCUT2D eigenvalue weighted by atomic mass is 10.2. The minimum atomic E-state index is -0.252. The van der Waals surface area contributed by atoms with E-state index in [0.717, 1.165) is 10.5 Å². The van der Waals surface area contributed by atoms with Crippen LogP contribution in [-0.4, -0.2) is 38.2 Å². The molecule has 2 aromatic carbocycles. The summed E-state index contributed by atoms with van der Waals surface area (Å²) in [6, 6.07) is 10.0. The Hall–Kier alpha value is -2.91. The lowest BCUT2D eigenvalue weighted by molar-refractivity contribution is -0.917. The van der Waals surface area contributed by atoms with E-state index in [4.69, 9.17) is 30.8 Å². The molecule has 0 amide bonds. The second kappa shape index (κ2) is 9.06. The van der Waals surface area contributed by atoms with Gasteiger partial charge in [0.2, 0.25) is 11.6 Å². The lowest BCUT2D eigenvalue weighted by Gasteiger charge is -2.13. The van der Waals surface area contributed by atoms with Gasteiger partial charge in [-0.3, -0.25) is 0 Å². The fourth-order valence-corrected chi connectivity index (χ4v) is 3.22. The molecule has 1 unspecified atom stereocenters. The van der Waals surface area contributed by atoms with E-state index in [2.05, 4.69) is 5.10 Å². The summed E-state index contributed by atoms with van der Waals surface area (Å²) in [4.78, 5) is 1.31. The normalized spacial score (nSPS) is 11.9. The molecule has 0 aliphatic heterocycles. The topological polar surface area (TPSA) is 63.1 Å². The van der Waals surface area contributed by atoms with Crippen LogP contribution in [0.15, 0.2) is 40.8 Å². The molecule has 0 aliphatic rings. The second-order valence-corrected chi connectivity index (χ2v) is 6.86. The Morgan fingerprint density at radius 2 is 1.79 bits per heavy atom. The molecule has 29 heavy (non-hydrogen) atoms. The van der Waals surface area contributed by atoms with Crippen LogP contribution in [0.1, 0.15) is 5.56 Å². The average molecular weight is 420 g/mol. The molecule has 0 aliphatic carbocycles. The number of rotatable bonds is 8. The Balaban J connectivity index is 1.84. The zero-order valence-corrected chi connectivity index (χ0v) is 17.5. The van der Waals surface area contributed by atoms with Gasteiger partial charge < -0.3 is 23.5 Å². The van der Waals surface area contributed by atoms with Crippen LogP contribution < -0.4 is 19.1 Å². The van der Waals surface area contributed by atoms with Crippen molar-refractivity contribution < 1.29 is 27.9 Å². The summed E-state index contributed by atoms with van der Waals surface area (Å²) in [6.07, 6.45) is 0. The maximum absolute atomic E-state index is 13.4. The first-order valence-electron chi connectivity index (χ1n) is 8.89. The highest BCUT2D eigenvalue weighted by atomic mass is 32.1. The molecule has 154 valence electrons. The fourth-order valence-electron chi connectivity index (χ4n) is 3.03.